The van der Waals surface area contributed by atoms with Gasteiger partial charge >= 0.3 is 5.97 Å². The van der Waals surface area contributed by atoms with Crippen LogP contribution in [0.25, 0.3) is 0 Å². The van der Waals surface area contributed by atoms with E-state index in [9.17, 15) is 4.79 Å². The molecule has 0 saturated carbocycles. The molecule has 0 bridgehead atoms. The summed E-state index contributed by atoms with van der Waals surface area (Å²) in [6, 6.07) is 0. The van der Waals surface area contributed by atoms with E-state index >= 15 is 0 Å². The third kappa shape index (κ3) is 5.07. The summed E-state index contributed by atoms with van der Waals surface area (Å²) in [5, 5.41) is 0. The molecule has 2 nitrogen and oxygen atoms in total. The van der Waals surface area contributed by atoms with Crippen LogP contribution >= 0.6 is 23.5 Å². The molecule has 1 saturated heterocycles. The van der Waals surface area contributed by atoms with Gasteiger partial charge in [0.2, 0.25) is 0 Å². The average molecular weight is 361 g/mol. The molecule has 0 N–H and O–H groups in total. The Hall–Kier alpha value is 0.170. The first kappa shape index (κ1) is 21.2. The predicted molar refractivity (Wildman–Crippen MR) is 105 cm³/mol. The quantitative estimate of drug-likeness (QED) is 0.496. The van der Waals surface area contributed by atoms with Crippen molar-refractivity contribution in [3.8, 4) is 0 Å². The summed E-state index contributed by atoms with van der Waals surface area (Å²) in [6.07, 6.45) is 4.08. The molecule has 0 aromatic heterocycles. The number of rotatable bonds is 8. The molecule has 1 aliphatic heterocycles. The van der Waals surface area contributed by atoms with Gasteiger partial charge in [0, 0.05) is 17.3 Å². The highest BCUT2D eigenvalue weighted by Crippen LogP contribution is 2.51. The molecule has 0 aromatic rings. The minimum atomic E-state index is -0.439. The molecular weight excluding hydrogens is 324 g/mol. The van der Waals surface area contributed by atoms with Gasteiger partial charge in [0.05, 0.1) is 5.41 Å². The standard InChI is InChI=1S/C19H36O2S2/c1-8-17(4,5)19(7,14-18(6,9-2)10-3)16(20)21-15-13-22-11-12-23-15/h15H,8-14H2,1-7H3. The van der Waals surface area contributed by atoms with Crippen LogP contribution in [0.2, 0.25) is 0 Å². The first-order chi connectivity index (χ1) is 10.6. The Morgan fingerprint density at radius 1 is 1.04 bits per heavy atom. The molecular formula is C19H36O2S2. The molecule has 136 valence electrons. The highest BCUT2D eigenvalue weighted by atomic mass is 32.2. The molecule has 0 spiro atoms. The second-order valence-electron chi connectivity index (χ2n) is 8.04. The third-order valence-corrected chi connectivity index (χ3v) is 8.91. The van der Waals surface area contributed by atoms with Crippen LogP contribution in [0.15, 0.2) is 0 Å². The molecule has 0 radical (unpaired) electrons. The number of hydrogen-bond donors (Lipinski definition) is 0. The lowest BCUT2D eigenvalue weighted by Gasteiger charge is -2.47. The van der Waals surface area contributed by atoms with Crippen molar-refractivity contribution in [2.75, 3.05) is 17.3 Å². The van der Waals surface area contributed by atoms with Gasteiger partial charge in [-0.25, -0.2) is 0 Å². The van der Waals surface area contributed by atoms with Crippen LogP contribution in [0.3, 0.4) is 0 Å². The highest BCUT2D eigenvalue weighted by Gasteiger charge is 2.50. The molecule has 1 rings (SSSR count). The molecule has 23 heavy (non-hydrogen) atoms. The van der Waals surface area contributed by atoms with Gasteiger partial charge in [-0.3, -0.25) is 4.79 Å². The van der Waals surface area contributed by atoms with Crippen LogP contribution in [0.4, 0.5) is 0 Å². The highest BCUT2D eigenvalue weighted by molar-refractivity contribution is 8.06. The second-order valence-corrected chi connectivity index (χ2v) is 10.5. The smallest absolute Gasteiger partial charge is 0.313 e. The molecule has 0 amide bonds. The van der Waals surface area contributed by atoms with Crippen molar-refractivity contribution in [2.24, 2.45) is 16.2 Å². The molecule has 0 aliphatic carbocycles. The van der Waals surface area contributed by atoms with Crippen molar-refractivity contribution < 1.29 is 9.53 Å². The first-order valence-electron chi connectivity index (χ1n) is 9.04. The molecule has 4 heteroatoms. The summed E-state index contributed by atoms with van der Waals surface area (Å²) in [6.45, 7) is 15.6. The normalized spacial score (nSPS) is 22.5. The van der Waals surface area contributed by atoms with Gasteiger partial charge in [0.25, 0.3) is 0 Å². The van der Waals surface area contributed by atoms with Gasteiger partial charge in [0.15, 0.2) is 5.44 Å². The van der Waals surface area contributed by atoms with E-state index in [2.05, 4.69) is 48.5 Å². The van der Waals surface area contributed by atoms with Crippen LogP contribution in [0.5, 0.6) is 0 Å². The summed E-state index contributed by atoms with van der Waals surface area (Å²) in [5.74, 6) is 3.19. The zero-order valence-electron chi connectivity index (χ0n) is 16.2. The Morgan fingerprint density at radius 3 is 2.09 bits per heavy atom. The topological polar surface area (TPSA) is 26.3 Å². The Morgan fingerprint density at radius 2 is 1.65 bits per heavy atom. The molecule has 1 heterocycles. The van der Waals surface area contributed by atoms with E-state index in [0.29, 0.717) is 0 Å². The van der Waals surface area contributed by atoms with Gasteiger partial charge in [-0.15, -0.1) is 11.8 Å². The lowest BCUT2D eigenvalue weighted by Crippen LogP contribution is -2.47. The van der Waals surface area contributed by atoms with Gasteiger partial charge in [-0.2, -0.15) is 11.8 Å². The van der Waals surface area contributed by atoms with Crippen molar-refractivity contribution in [1.82, 2.24) is 0 Å². The lowest BCUT2D eigenvalue weighted by molar-refractivity contribution is -0.167. The van der Waals surface area contributed by atoms with E-state index in [1.807, 2.05) is 11.8 Å². The predicted octanol–water partition coefficient (Wildman–Crippen LogP) is 5.99. The van der Waals surface area contributed by atoms with Crippen molar-refractivity contribution >= 4 is 29.5 Å². The van der Waals surface area contributed by atoms with Gasteiger partial charge in [-0.1, -0.05) is 54.4 Å². The van der Waals surface area contributed by atoms with Gasteiger partial charge < -0.3 is 4.74 Å². The maximum Gasteiger partial charge on any atom is 0.313 e. The van der Waals surface area contributed by atoms with E-state index in [4.69, 9.17) is 4.74 Å². The molecule has 0 aromatic carbocycles. The zero-order valence-corrected chi connectivity index (χ0v) is 17.8. The fourth-order valence-corrected chi connectivity index (χ4v) is 5.49. The maximum atomic E-state index is 13.2. The van der Waals surface area contributed by atoms with Gasteiger partial charge in [0.1, 0.15) is 0 Å². The van der Waals surface area contributed by atoms with Crippen molar-refractivity contribution in [3.05, 3.63) is 0 Å². The van der Waals surface area contributed by atoms with Crippen LogP contribution in [0, 0.1) is 16.2 Å². The minimum absolute atomic E-state index is 0.0116. The minimum Gasteiger partial charge on any atom is -0.450 e. The number of hydrogen-bond acceptors (Lipinski definition) is 4. The Kier molecular flexibility index (Phi) is 7.85. The van der Waals surface area contributed by atoms with E-state index in [0.717, 1.165) is 37.2 Å². The summed E-state index contributed by atoms with van der Waals surface area (Å²) in [4.78, 5) is 13.2. The van der Waals surface area contributed by atoms with E-state index < -0.39 is 5.41 Å². The first-order valence-corrected chi connectivity index (χ1v) is 11.2. The van der Waals surface area contributed by atoms with Crippen LogP contribution in [0.1, 0.15) is 74.1 Å². The molecule has 1 aliphatic rings. The fraction of sp³-hybridized carbons (Fsp3) is 0.947. The number of carbonyl (C=O) groups excluding carboxylic acids is 1. The van der Waals surface area contributed by atoms with E-state index in [1.165, 1.54) is 5.75 Å². The van der Waals surface area contributed by atoms with E-state index in [-0.39, 0.29) is 22.2 Å². The number of ether oxygens (including phenoxy) is 1. The zero-order chi connectivity index (χ0) is 17.7. The van der Waals surface area contributed by atoms with Crippen molar-refractivity contribution in [1.29, 1.82) is 0 Å². The Bertz CT molecular complexity index is 385. The van der Waals surface area contributed by atoms with Crippen molar-refractivity contribution in [3.63, 3.8) is 0 Å². The molecule has 2 atom stereocenters. The number of thioether (sulfide) groups is 2. The summed E-state index contributed by atoms with van der Waals surface area (Å²) in [5.41, 5.74) is -0.287. The SMILES string of the molecule is CCC(C)(CC)CC(C)(C(=O)OC1CSCCS1)C(C)(C)CC. The van der Waals surface area contributed by atoms with Crippen LogP contribution < -0.4 is 0 Å². The largest absolute Gasteiger partial charge is 0.450 e. The average Bonchev–Trinajstić information content (AvgIpc) is 2.55. The number of carbonyl (C=O) groups is 1. The fourth-order valence-electron chi connectivity index (χ4n) is 3.12. The van der Waals surface area contributed by atoms with Crippen LogP contribution in [-0.4, -0.2) is 28.7 Å². The maximum absolute atomic E-state index is 13.2. The van der Waals surface area contributed by atoms with Gasteiger partial charge in [-0.05, 0) is 30.6 Å². The summed E-state index contributed by atoms with van der Waals surface area (Å²) in [7, 11) is 0. The Balaban J connectivity index is 3.00. The monoisotopic (exact) mass is 360 g/mol. The lowest BCUT2D eigenvalue weighted by atomic mass is 9.58. The van der Waals surface area contributed by atoms with Crippen molar-refractivity contribution in [2.45, 2.75) is 79.6 Å². The third-order valence-electron chi connectivity index (χ3n) is 6.34. The summed E-state index contributed by atoms with van der Waals surface area (Å²) >= 11 is 3.68. The second kappa shape index (κ2) is 8.51. The molecule has 2 unspecified atom stereocenters. The Labute approximate surface area is 152 Å². The van der Waals surface area contributed by atoms with Crippen LogP contribution in [-0.2, 0) is 9.53 Å². The van der Waals surface area contributed by atoms with E-state index in [1.54, 1.807) is 11.8 Å². The number of esters is 1. The molecule has 1 fully saturated rings. The summed E-state index contributed by atoms with van der Waals surface area (Å²) < 4.78 is 5.98.